The van der Waals surface area contributed by atoms with Gasteiger partial charge in [0.15, 0.2) is 5.62 Å². The van der Waals surface area contributed by atoms with Crippen molar-refractivity contribution in [3.63, 3.8) is 0 Å². The zero-order chi connectivity index (χ0) is 20.6. The van der Waals surface area contributed by atoms with Crippen LogP contribution in [0.5, 0.6) is 0 Å². The van der Waals surface area contributed by atoms with Crippen LogP contribution in [0.15, 0.2) is 40.7 Å². The molecule has 2 aliphatic heterocycles. The summed E-state index contributed by atoms with van der Waals surface area (Å²) in [6.45, 7) is 1.73. The number of amides is 2. The van der Waals surface area contributed by atoms with Gasteiger partial charge in [-0.15, -0.1) is 0 Å². The summed E-state index contributed by atoms with van der Waals surface area (Å²) in [5, 5.41) is 6.30. The first-order valence-corrected chi connectivity index (χ1v) is 9.90. The second-order valence-corrected chi connectivity index (χ2v) is 6.95. The molecule has 0 spiro atoms. The Bertz CT molecular complexity index is 866. The molecule has 0 aliphatic carbocycles. The summed E-state index contributed by atoms with van der Waals surface area (Å²) in [6.07, 6.45) is 3.65. The molecule has 152 valence electrons. The van der Waals surface area contributed by atoms with Gasteiger partial charge in [0.05, 0.1) is 16.7 Å². The number of benzene rings is 1. The highest BCUT2D eigenvalue weighted by molar-refractivity contribution is 6.21. The topological polar surface area (TPSA) is 83.0 Å². The fourth-order valence-electron chi connectivity index (χ4n) is 3.04. The molecule has 1 unspecified atom stereocenters. The molecule has 2 N–H and O–H groups in total. The van der Waals surface area contributed by atoms with Crippen LogP contribution in [-0.4, -0.2) is 55.4 Å². The van der Waals surface area contributed by atoms with Gasteiger partial charge in [0.25, 0.3) is 11.8 Å². The van der Waals surface area contributed by atoms with Gasteiger partial charge in [-0.1, -0.05) is 35.6 Å². The number of rotatable bonds is 8. The number of carbonyl (C=O) groups is 2. The minimum absolute atomic E-state index is 0.236. The van der Waals surface area contributed by atoms with E-state index in [1.807, 2.05) is 0 Å². The first-order valence-electron chi connectivity index (χ1n) is 9.47. The Morgan fingerprint density at radius 1 is 1.24 bits per heavy atom. The van der Waals surface area contributed by atoms with Crippen molar-refractivity contribution in [2.24, 2.45) is 4.99 Å². The van der Waals surface area contributed by atoms with Crippen molar-refractivity contribution < 1.29 is 14.3 Å². The van der Waals surface area contributed by atoms with E-state index in [0.29, 0.717) is 37.1 Å². The fraction of sp³-hybridized carbons (Fsp3) is 0.381. The van der Waals surface area contributed by atoms with Gasteiger partial charge in [-0.05, 0) is 25.0 Å². The van der Waals surface area contributed by atoms with Crippen LogP contribution in [0.2, 0.25) is 0 Å². The van der Waals surface area contributed by atoms with Crippen LogP contribution < -0.4 is 10.6 Å². The number of allylic oxidation sites excluding steroid dienone is 1. The third kappa shape index (κ3) is 5.17. The second-order valence-electron chi connectivity index (χ2n) is 6.53. The number of aliphatic imine (C=N–C) groups is 1. The van der Waals surface area contributed by atoms with Gasteiger partial charge in [0.1, 0.15) is 5.82 Å². The van der Waals surface area contributed by atoms with E-state index in [0.717, 1.165) is 24.4 Å². The maximum atomic E-state index is 12.3. The molecular formula is C21H23ClN4O3. The lowest BCUT2D eigenvalue weighted by Crippen LogP contribution is -2.35. The van der Waals surface area contributed by atoms with E-state index in [4.69, 9.17) is 16.3 Å². The van der Waals surface area contributed by atoms with E-state index >= 15 is 0 Å². The molecule has 1 atom stereocenters. The fourth-order valence-corrected chi connectivity index (χ4v) is 3.20. The summed E-state index contributed by atoms with van der Waals surface area (Å²) in [6, 6.07) is 6.89. The summed E-state index contributed by atoms with van der Waals surface area (Å²) in [4.78, 5) is 30.1. The highest BCUT2D eigenvalue weighted by atomic mass is 35.5. The summed E-state index contributed by atoms with van der Waals surface area (Å²) < 4.78 is 5.04. The van der Waals surface area contributed by atoms with Crippen LogP contribution in [0.4, 0.5) is 0 Å². The van der Waals surface area contributed by atoms with Crippen molar-refractivity contribution >= 4 is 29.6 Å². The van der Waals surface area contributed by atoms with E-state index in [1.54, 1.807) is 37.6 Å². The third-order valence-corrected chi connectivity index (χ3v) is 4.70. The minimum Gasteiger partial charge on any atom is -0.385 e. The first kappa shape index (κ1) is 20.9. The Hall–Kier alpha value is -2.82. The SMILES string of the molecule is COCCCNC1=C(C#CCCCN2C(=O)c3ccccc3C2=O)C=NC(Cl)N1. The number of ether oxygens (including phenoxy) is 1. The Morgan fingerprint density at radius 2 is 1.97 bits per heavy atom. The molecule has 0 saturated heterocycles. The lowest BCUT2D eigenvalue weighted by atomic mass is 10.1. The predicted molar refractivity (Wildman–Crippen MR) is 112 cm³/mol. The average molecular weight is 415 g/mol. The molecule has 0 radical (unpaired) electrons. The number of fused-ring (bicyclic) bond motifs is 1. The molecular weight excluding hydrogens is 392 g/mol. The molecule has 0 saturated carbocycles. The number of hydrogen-bond donors (Lipinski definition) is 2. The van der Waals surface area contributed by atoms with E-state index in [2.05, 4.69) is 27.5 Å². The number of unbranched alkanes of at least 4 members (excludes halogenated alkanes) is 1. The van der Waals surface area contributed by atoms with Gasteiger partial charge in [0.2, 0.25) is 0 Å². The molecule has 1 aromatic rings. The minimum atomic E-state index is -0.528. The van der Waals surface area contributed by atoms with Crippen molar-refractivity contribution in [1.82, 2.24) is 15.5 Å². The van der Waals surface area contributed by atoms with Crippen molar-refractivity contribution in [3.8, 4) is 11.8 Å². The maximum Gasteiger partial charge on any atom is 0.261 e. The standard InChI is InChI=1S/C21H23ClN4O3/c1-29-13-7-11-23-18-15(14-24-21(22)25-18)8-3-2-6-12-26-19(27)16-9-4-5-10-17(16)20(26)28/h4-5,9-10,14,21,23,25H,2,6-7,11-13H2,1H3. The zero-order valence-corrected chi connectivity index (χ0v) is 17.0. The number of alkyl halides is 1. The van der Waals surface area contributed by atoms with Gasteiger partial charge < -0.3 is 15.4 Å². The van der Waals surface area contributed by atoms with Crippen molar-refractivity contribution in [3.05, 3.63) is 46.8 Å². The van der Waals surface area contributed by atoms with Crippen molar-refractivity contribution in [1.29, 1.82) is 0 Å². The Morgan fingerprint density at radius 3 is 2.66 bits per heavy atom. The molecule has 7 nitrogen and oxygen atoms in total. The smallest absolute Gasteiger partial charge is 0.261 e. The number of hydrogen-bond acceptors (Lipinski definition) is 6. The number of nitrogens with one attached hydrogen (secondary N) is 2. The van der Waals surface area contributed by atoms with E-state index in [9.17, 15) is 9.59 Å². The molecule has 0 fully saturated rings. The average Bonchev–Trinajstić information content (AvgIpc) is 2.97. The van der Waals surface area contributed by atoms with E-state index < -0.39 is 5.62 Å². The Kier molecular flexibility index (Phi) is 7.28. The van der Waals surface area contributed by atoms with Crippen LogP contribution >= 0.6 is 11.6 Å². The molecule has 0 bridgehead atoms. The predicted octanol–water partition coefficient (Wildman–Crippen LogP) is 2.10. The second kappa shape index (κ2) is 10.1. The zero-order valence-electron chi connectivity index (χ0n) is 16.2. The molecule has 1 aromatic carbocycles. The molecule has 8 heteroatoms. The lowest BCUT2D eigenvalue weighted by Gasteiger charge is -2.19. The highest BCUT2D eigenvalue weighted by Gasteiger charge is 2.34. The van der Waals surface area contributed by atoms with E-state index in [-0.39, 0.29) is 11.8 Å². The summed E-state index contributed by atoms with van der Waals surface area (Å²) in [5.41, 5.74) is 1.13. The maximum absolute atomic E-state index is 12.3. The largest absolute Gasteiger partial charge is 0.385 e. The first-order chi connectivity index (χ1) is 14.1. The monoisotopic (exact) mass is 414 g/mol. The van der Waals surface area contributed by atoms with Crippen LogP contribution in [-0.2, 0) is 4.74 Å². The number of halogens is 1. The molecule has 2 aliphatic rings. The quantitative estimate of drug-likeness (QED) is 0.224. The molecule has 2 amide bonds. The third-order valence-electron chi connectivity index (χ3n) is 4.48. The Balaban J connectivity index is 1.53. The summed E-state index contributed by atoms with van der Waals surface area (Å²) >= 11 is 6.01. The number of carbonyl (C=O) groups excluding carboxylic acids is 2. The van der Waals surface area contributed by atoms with Crippen LogP contribution in [0.3, 0.4) is 0 Å². The number of methoxy groups -OCH3 is 1. The normalized spacial score (nSPS) is 17.7. The van der Waals surface area contributed by atoms with Gasteiger partial charge >= 0.3 is 0 Å². The molecule has 3 rings (SSSR count). The molecule has 2 heterocycles. The Labute approximate surface area is 175 Å². The van der Waals surface area contributed by atoms with Crippen LogP contribution in [0.25, 0.3) is 0 Å². The van der Waals surface area contributed by atoms with Gasteiger partial charge in [0, 0.05) is 39.4 Å². The molecule has 0 aromatic heterocycles. The molecule has 29 heavy (non-hydrogen) atoms. The number of imide groups is 1. The summed E-state index contributed by atoms with van der Waals surface area (Å²) in [7, 11) is 1.67. The van der Waals surface area contributed by atoms with Crippen molar-refractivity contribution in [2.45, 2.75) is 24.9 Å². The van der Waals surface area contributed by atoms with Gasteiger partial charge in [-0.2, -0.15) is 0 Å². The summed E-state index contributed by atoms with van der Waals surface area (Å²) in [5.74, 6) is 6.42. The van der Waals surface area contributed by atoms with Crippen LogP contribution in [0.1, 0.15) is 40.0 Å². The van der Waals surface area contributed by atoms with Gasteiger partial charge in [-0.25, -0.2) is 0 Å². The number of nitrogens with zero attached hydrogens (tertiary/aromatic N) is 2. The van der Waals surface area contributed by atoms with Crippen LogP contribution in [0, 0.1) is 11.8 Å². The lowest BCUT2D eigenvalue weighted by molar-refractivity contribution is 0.0653. The van der Waals surface area contributed by atoms with Gasteiger partial charge in [-0.3, -0.25) is 19.5 Å². The van der Waals surface area contributed by atoms with E-state index in [1.165, 1.54) is 4.90 Å². The van der Waals surface area contributed by atoms with Crippen molar-refractivity contribution in [2.75, 3.05) is 26.8 Å². The highest BCUT2D eigenvalue weighted by Crippen LogP contribution is 2.22.